The molecule has 0 radical (unpaired) electrons. The minimum atomic E-state index is -0.333. The predicted octanol–water partition coefficient (Wildman–Crippen LogP) is 7.22. The summed E-state index contributed by atoms with van der Waals surface area (Å²) < 4.78 is 7.37. The van der Waals surface area contributed by atoms with Crippen LogP contribution in [0.15, 0.2) is 107 Å². The molecule has 184 valence electrons. The van der Waals surface area contributed by atoms with Gasteiger partial charge in [-0.1, -0.05) is 71.4 Å². The molecular formula is C28H19Cl2N3O3S. The zero-order valence-electron chi connectivity index (χ0n) is 19.2. The second kappa shape index (κ2) is 11.1. The van der Waals surface area contributed by atoms with Crippen LogP contribution in [-0.2, 0) is 4.79 Å². The minimum absolute atomic E-state index is 0.0124. The van der Waals surface area contributed by atoms with Gasteiger partial charge in [-0.15, -0.1) is 0 Å². The lowest BCUT2D eigenvalue weighted by Crippen LogP contribution is -2.23. The molecule has 0 spiro atoms. The van der Waals surface area contributed by atoms with Gasteiger partial charge in [0.1, 0.15) is 11.5 Å². The third-order valence-electron chi connectivity index (χ3n) is 5.38. The molecule has 37 heavy (non-hydrogen) atoms. The molecule has 0 aliphatic rings. The van der Waals surface area contributed by atoms with E-state index in [0.717, 1.165) is 11.8 Å². The molecule has 1 heterocycles. The van der Waals surface area contributed by atoms with Gasteiger partial charge in [-0.25, -0.2) is 4.98 Å². The van der Waals surface area contributed by atoms with Crippen molar-refractivity contribution in [1.82, 2.24) is 9.55 Å². The van der Waals surface area contributed by atoms with E-state index in [1.807, 2.05) is 36.4 Å². The van der Waals surface area contributed by atoms with Crippen molar-refractivity contribution in [3.05, 3.63) is 117 Å². The predicted molar refractivity (Wildman–Crippen MR) is 150 cm³/mol. The summed E-state index contributed by atoms with van der Waals surface area (Å²) in [6, 6.07) is 28.6. The van der Waals surface area contributed by atoms with Crippen LogP contribution in [0.3, 0.4) is 0 Å². The molecule has 0 atom stereocenters. The highest BCUT2D eigenvalue weighted by Gasteiger charge is 2.16. The zero-order chi connectivity index (χ0) is 25.8. The Morgan fingerprint density at radius 3 is 2.22 bits per heavy atom. The van der Waals surface area contributed by atoms with Crippen LogP contribution in [0.25, 0.3) is 16.6 Å². The van der Waals surface area contributed by atoms with Crippen LogP contribution in [0.2, 0.25) is 10.0 Å². The van der Waals surface area contributed by atoms with E-state index in [-0.39, 0.29) is 17.2 Å². The van der Waals surface area contributed by atoms with Gasteiger partial charge in [-0.2, -0.15) is 0 Å². The lowest BCUT2D eigenvalue weighted by atomic mass is 10.2. The van der Waals surface area contributed by atoms with Crippen LogP contribution in [0.5, 0.6) is 11.5 Å². The number of ether oxygens (including phenoxy) is 1. The van der Waals surface area contributed by atoms with Crippen molar-refractivity contribution >= 4 is 57.5 Å². The molecule has 0 aliphatic carbocycles. The first-order valence-corrected chi connectivity index (χ1v) is 13.0. The molecule has 6 nitrogen and oxygen atoms in total. The average molecular weight is 548 g/mol. The number of para-hydroxylation sites is 3. The maximum Gasteiger partial charge on any atom is 0.266 e. The fraction of sp³-hybridized carbons (Fsp3) is 0.0357. The fourth-order valence-electron chi connectivity index (χ4n) is 3.65. The number of rotatable bonds is 7. The standard InChI is InChI=1S/C28H19Cl2N3O3S/c29-22-10-6-11-23(30)26(22)32-25(34)17-37-28-31-24-12-5-4-9-21(24)27(35)33(28)18-13-15-20(16-14-18)36-19-7-2-1-3-8-19/h1-16H,17H2,(H,32,34). The van der Waals surface area contributed by atoms with E-state index >= 15 is 0 Å². The molecule has 1 N–H and O–H groups in total. The number of aromatic nitrogens is 2. The number of thioether (sulfide) groups is 1. The SMILES string of the molecule is O=C(CSc1nc2ccccc2c(=O)n1-c1ccc(Oc2ccccc2)cc1)Nc1c(Cl)cccc1Cl. The maximum absolute atomic E-state index is 13.5. The highest BCUT2D eigenvalue weighted by atomic mass is 35.5. The van der Waals surface area contributed by atoms with Crippen LogP contribution in [-0.4, -0.2) is 21.2 Å². The Morgan fingerprint density at radius 1 is 0.838 bits per heavy atom. The Balaban J connectivity index is 1.44. The minimum Gasteiger partial charge on any atom is -0.457 e. The lowest BCUT2D eigenvalue weighted by molar-refractivity contribution is -0.113. The lowest BCUT2D eigenvalue weighted by Gasteiger charge is -2.14. The highest BCUT2D eigenvalue weighted by Crippen LogP contribution is 2.30. The van der Waals surface area contributed by atoms with E-state index in [1.165, 1.54) is 4.57 Å². The fourth-order valence-corrected chi connectivity index (χ4v) is 4.95. The number of carbonyl (C=O) groups is 1. The quantitative estimate of drug-likeness (QED) is 0.172. The van der Waals surface area contributed by atoms with Crippen molar-refractivity contribution in [2.75, 3.05) is 11.1 Å². The first-order chi connectivity index (χ1) is 18.0. The molecule has 0 fully saturated rings. The topological polar surface area (TPSA) is 73.2 Å². The molecule has 0 saturated heterocycles. The van der Waals surface area contributed by atoms with Crippen molar-refractivity contribution in [3.63, 3.8) is 0 Å². The monoisotopic (exact) mass is 547 g/mol. The number of fused-ring (bicyclic) bond motifs is 1. The van der Waals surface area contributed by atoms with E-state index < -0.39 is 0 Å². The van der Waals surface area contributed by atoms with Gasteiger partial charge in [0.25, 0.3) is 5.56 Å². The molecule has 0 saturated carbocycles. The second-order valence-electron chi connectivity index (χ2n) is 7.89. The first-order valence-electron chi connectivity index (χ1n) is 11.2. The molecule has 5 aromatic rings. The summed E-state index contributed by atoms with van der Waals surface area (Å²) in [6.07, 6.45) is 0. The van der Waals surface area contributed by atoms with Gasteiger partial charge in [-0.3, -0.25) is 14.2 Å². The molecule has 0 aliphatic heterocycles. The zero-order valence-corrected chi connectivity index (χ0v) is 21.6. The van der Waals surface area contributed by atoms with Crippen LogP contribution in [0.4, 0.5) is 5.69 Å². The summed E-state index contributed by atoms with van der Waals surface area (Å²) in [5.74, 6) is 0.991. The van der Waals surface area contributed by atoms with Gasteiger partial charge >= 0.3 is 0 Å². The van der Waals surface area contributed by atoms with Gasteiger partial charge in [0.05, 0.1) is 38.1 Å². The number of hydrogen-bond donors (Lipinski definition) is 1. The molecule has 1 aromatic heterocycles. The van der Waals surface area contributed by atoms with E-state index in [0.29, 0.717) is 49.0 Å². The van der Waals surface area contributed by atoms with Crippen LogP contribution in [0.1, 0.15) is 0 Å². The number of nitrogens with one attached hydrogen (secondary N) is 1. The number of amides is 1. The van der Waals surface area contributed by atoms with Gasteiger partial charge < -0.3 is 10.1 Å². The Bertz CT molecular complexity index is 1620. The molecule has 5 rings (SSSR count). The highest BCUT2D eigenvalue weighted by molar-refractivity contribution is 7.99. The van der Waals surface area contributed by atoms with Crippen LogP contribution in [0, 0.1) is 0 Å². The number of anilines is 1. The van der Waals surface area contributed by atoms with Crippen molar-refractivity contribution in [1.29, 1.82) is 0 Å². The van der Waals surface area contributed by atoms with E-state index in [4.69, 9.17) is 27.9 Å². The van der Waals surface area contributed by atoms with Crippen molar-refractivity contribution in [3.8, 4) is 17.2 Å². The Morgan fingerprint density at radius 2 is 1.49 bits per heavy atom. The Kier molecular flexibility index (Phi) is 7.46. The molecule has 0 bridgehead atoms. The summed E-state index contributed by atoms with van der Waals surface area (Å²) in [7, 11) is 0. The molecule has 9 heteroatoms. The number of benzene rings is 4. The van der Waals surface area contributed by atoms with Crippen LogP contribution < -0.4 is 15.6 Å². The number of halogens is 2. The second-order valence-corrected chi connectivity index (χ2v) is 9.65. The van der Waals surface area contributed by atoms with Crippen molar-refractivity contribution < 1.29 is 9.53 Å². The van der Waals surface area contributed by atoms with Crippen molar-refractivity contribution in [2.45, 2.75) is 5.16 Å². The largest absolute Gasteiger partial charge is 0.457 e. The van der Waals surface area contributed by atoms with Gasteiger partial charge in [0, 0.05) is 0 Å². The smallest absolute Gasteiger partial charge is 0.266 e. The van der Waals surface area contributed by atoms with Gasteiger partial charge in [-0.05, 0) is 60.7 Å². The first kappa shape index (κ1) is 24.9. The Labute approximate surface area is 226 Å². The van der Waals surface area contributed by atoms with Crippen molar-refractivity contribution in [2.24, 2.45) is 0 Å². The summed E-state index contributed by atoms with van der Waals surface area (Å²) in [5.41, 5.74) is 1.25. The van der Waals surface area contributed by atoms with E-state index in [9.17, 15) is 9.59 Å². The summed E-state index contributed by atoms with van der Waals surface area (Å²) in [6.45, 7) is 0. The molecule has 0 unspecified atom stereocenters. The summed E-state index contributed by atoms with van der Waals surface area (Å²) in [4.78, 5) is 30.9. The van der Waals surface area contributed by atoms with E-state index in [2.05, 4.69) is 10.3 Å². The summed E-state index contributed by atoms with van der Waals surface area (Å²) in [5, 5.41) is 4.26. The number of carbonyl (C=O) groups excluding carboxylic acids is 1. The van der Waals surface area contributed by atoms with E-state index in [1.54, 1.807) is 60.7 Å². The Hall–Kier alpha value is -3.78. The summed E-state index contributed by atoms with van der Waals surface area (Å²) >= 11 is 13.5. The molecular weight excluding hydrogens is 529 g/mol. The average Bonchev–Trinajstić information content (AvgIpc) is 2.91. The molecule has 4 aromatic carbocycles. The molecule has 1 amide bonds. The normalized spacial score (nSPS) is 10.9. The van der Waals surface area contributed by atoms with Crippen LogP contribution >= 0.6 is 35.0 Å². The number of hydrogen-bond acceptors (Lipinski definition) is 5. The maximum atomic E-state index is 13.5. The third kappa shape index (κ3) is 5.64. The third-order valence-corrected chi connectivity index (χ3v) is 6.95. The number of nitrogens with zero attached hydrogens (tertiary/aromatic N) is 2. The van der Waals surface area contributed by atoms with Gasteiger partial charge in [0.15, 0.2) is 5.16 Å². The van der Waals surface area contributed by atoms with Gasteiger partial charge in [0.2, 0.25) is 5.91 Å².